The first-order valence-electron chi connectivity index (χ1n) is 4.01. The normalized spacial score (nSPS) is 18.1. The monoisotopic (exact) mass is 148 g/mol. The van der Waals surface area contributed by atoms with Crippen molar-refractivity contribution >= 4 is 5.69 Å². The van der Waals surface area contributed by atoms with Crippen LogP contribution in [0.3, 0.4) is 0 Å². The third kappa shape index (κ3) is 1.20. The van der Waals surface area contributed by atoms with E-state index in [4.69, 9.17) is 0 Å². The summed E-state index contributed by atoms with van der Waals surface area (Å²) < 4.78 is 0. The van der Waals surface area contributed by atoms with Crippen molar-refractivity contribution in [2.24, 2.45) is 5.92 Å². The van der Waals surface area contributed by atoms with Gasteiger partial charge in [0.1, 0.15) is 0 Å². The highest BCUT2D eigenvalue weighted by Gasteiger charge is 2.21. The maximum absolute atomic E-state index is 3.98. The third-order valence-corrected chi connectivity index (χ3v) is 2.09. The second kappa shape index (κ2) is 2.53. The summed E-state index contributed by atoms with van der Waals surface area (Å²) in [7, 11) is 0. The van der Waals surface area contributed by atoms with Gasteiger partial charge < -0.3 is 4.90 Å². The van der Waals surface area contributed by atoms with Crippen LogP contribution >= 0.6 is 0 Å². The summed E-state index contributed by atoms with van der Waals surface area (Å²) in [4.78, 5) is 6.35. The van der Waals surface area contributed by atoms with Crippen LogP contribution in [0.5, 0.6) is 0 Å². The van der Waals surface area contributed by atoms with E-state index in [9.17, 15) is 0 Å². The molecule has 0 N–H and O–H groups in total. The molecule has 2 heterocycles. The quantitative estimate of drug-likeness (QED) is 0.600. The van der Waals surface area contributed by atoms with E-state index in [-0.39, 0.29) is 0 Å². The van der Waals surface area contributed by atoms with Crippen molar-refractivity contribution in [2.45, 2.75) is 6.92 Å². The molecular formula is C9H12N2. The van der Waals surface area contributed by atoms with Gasteiger partial charge in [-0.2, -0.15) is 0 Å². The van der Waals surface area contributed by atoms with Gasteiger partial charge >= 0.3 is 0 Å². The minimum Gasteiger partial charge on any atom is -0.371 e. The van der Waals surface area contributed by atoms with Crippen LogP contribution in [0.25, 0.3) is 0 Å². The molecule has 2 nitrogen and oxygen atoms in total. The van der Waals surface area contributed by atoms with Gasteiger partial charge in [0.2, 0.25) is 0 Å². The van der Waals surface area contributed by atoms with Crippen LogP contribution in [-0.4, -0.2) is 18.1 Å². The van der Waals surface area contributed by atoms with Crippen LogP contribution in [0.2, 0.25) is 0 Å². The Balaban J connectivity index is 2.08. The highest BCUT2D eigenvalue weighted by Crippen LogP contribution is 2.22. The predicted octanol–water partition coefficient (Wildman–Crippen LogP) is 1.54. The first kappa shape index (κ1) is 6.65. The number of pyridine rings is 1. The molecule has 0 saturated carbocycles. The fourth-order valence-corrected chi connectivity index (χ4v) is 1.46. The van der Waals surface area contributed by atoms with E-state index in [0.29, 0.717) is 0 Å². The highest BCUT2D eigenvalue weighted by molar-refractivity contribution is 5.46. The Hall–Kier alpha value is -1.05. The Bertz CT molecular complexity index is 227. The van der Waals surface area contributed by atoms with Gasteiger partial charge in [-0.25, -0.2) is 0 Å². The summed E-state index contributed by atoms with van der Waals surface area (Å²) in [5, 5.41) is 0. The van der Waals surface area contributed by atoms with Gasteiger partial charge in [0.15, 0.2) is 0 Å². The first-order valence-corrected chi connectivity index (χ1v) is 4.01. The van der Waals surface area contributed by atoms with Gasteiger partial charge in [0.25, 0.3) is 0 Å². The number of hydrogen-bond acceptors (Lipinski definition) is 2. The molecule has 1 aromatic rings. The standard InChI is InChI=1S/C9H12N2/c1-8-6-11(7-8)9-2-4-10-5-3-9/h2-5,8H,6-7H2,1H3. The smallest absolute Gasteiger partial charge is 0.0397 e. The number of aromatic nitrogens is 1. The van der Waals surface area contributed by atoms with Crippen molar-refractivity contribution < 1.29 is 0 Å². The molecular weight excluding hydrogens is 136 g/mol. The largest absolute Gasteiger partial charge is 0.371 e. The van der Waals surface area contributed by atoms with E-state index in [1.54, 1.807) is 0 Å². The average Bonchev–Trinajstić information content (AvgIpc) is 2.01. The van der Waals surface area contributed by atoms with E-state index >= 15 is 0 Å². The van der Waals surface area contributed by atoms with Crippen molar-refractivity contribution in [3.05, 3.63) is 24.5 Å². The molecule has 0 bridgehead atoms. The predicted molar refractivity (Wildman–Crippen MR) is 45.6 cm³/mol. The molecule has 0 aliphatic carbocycles. The van der Waals surface area contributed by atoms with Crippen LogP contribution in [0.15, 0.2) is 24.5 Å². The van der Waals surface area contributed by atoms with Gasteiger partial charge in [-0.05, 0) is 18.1 Å². The topological polar surface area (TPSA) is 16.1 Å². The zero-order valence-corrected chi connectivity index (χ0v) is 6.70. The fraction of sp³-hybridized carbons (Fsp3) is 0.444. The van der Waals surface area contributed by atoms with E-state index < -0.39 is 0 Å². The van der Waals surface area contributed by atoms with E-state index in [2.05, 4.69) is 28.9 Å². The lowest BCUT2D eigenvalue weighted by molar-refractivity contribution is 0.447. The Labute approximate surface area is 66.9 Å². The van der Waals surface area contributed by atoms with Gasteiger partial charge in [-0.3, -0.25) is 4.98 Å². The average molecular weight is 148 g/mol. The van der Waals surface area contributed by atoms with Crippen LogP contribution in [0, 0.1) is 5.92 Å². The number of nitrogens with zero attached hydrogens (tertiary/aromatic N) is 2. The summed E-state index contributed by atoms with van der Waals surface area (Å²) in [6.45, 7) is 4.67. The molecule has 1 aliphatic heterocycles. The van der Waals surface area contributed by atoms with E-state index in [1.807, 2.05) is 12.4 Å². The first-order chi connectivity index (χ1) is 5.36. The number of rotatable bonds is 1. The van der Waals surface area contributed by atoms with Gasteiger partial charge in [-0.1, -0.05) is 6.92 Å². The molecule has 0 amide bonds. The van der Waals surface area contributed by atoms with Crippen LogP contribution in [0.1, 0.15) is 6.92 Å². The summed E-state index contributed by atoms with van der Waals surface area (Å²) >= 11 is 0. The Morgan fingerprint density at radius 3 is 2.55 bits per heavy atom. The molecule has 0 atom stereocenters. The molecule has 0 unspecified atom stereocenters. The molecule has 2 rings (SSSR count). The maximum atomic E-state index is 3.98. The molecule has 0 radical (unpaired) electrons. The second-order valence-electron chi connectivity index (χ2n) is 3.22. The molecule has 1 saturated heterocycles. The summed E-state index contributed by atoms with van der Waals surface area (Å²) in [6.07, 6.45) is 3.69. The molecule has 2 heteroatoms. The minimum absolute atomic E-state index is 0.864. The molecule has 58 valence electrons. The minimum atomic E-state index is 0.864. The molecule has 0 aromatic carbocycles. The zero-order chi connectivity index (χ0) is 7.68. The lowest BCUT2D eigenvalue weighted by Crippen LogP contribution is -2.45. The Morgan fingerprint density at radius 1 is 1.36 bits per heavy atom. The second-order valence-corrected chi connectivity index (χ2v) is 3.22. The summed E-state index contributed by atoms with van der Waals surface area (Å²) in [6, 6.07) is 4.12. The lowest BCUT2D eigenvalue weighted by Gasteiger charge is -2.39. The van der Waals surface area contributed by atoms with Crippen molar-refractivity contribution in [3.63, 3.8) is 0 Å². The third-order valence-electron chi connectivity index (χ3n) is 2.09. The molecule has 1 fully saturated rings. The van der Waals surface area contributed by atoms with Crippen LogP contribution < -0.4 is 4.90 Å². The van der Waals surface area contributed by atoms with Gasteiger partial charge in [0.05, 0.1) is 0 Å². The van der Waals surface area contributed by atoms with Crippen molar-refractivity contribution in [2.75, 3.05) is 18.0 Å². The summed E-state index contributed by atoms with van der Waals surface area (Å²) in [5.41, 5.74) is 1.30. The van der Waals surface area contributed by atoms with Crippen molar-refractivity contribution in [1.82, 2.24) is 4.98 Å². The SMILES string of the molecule is CC1CN(c2ccncc2)C1. The fourth-order valence-electron chi connectivity index (χ4n) is 1.46. The molecule has 1 aliphatic rings. The zero-order valence-electron chi connectivity index (χ0n) is 6.70. The maximum Gasteiger partial charge on any atom is 0.0397 e. The number of anilines is 1. The summed E-state index contributed by atoms with van der Waals surface area (Å²) in [5.74, 6) is 0.864. The van der Waals surface area contributed by atoms with Crippen molar-refractivity contribution in [3.8, 4) is 0 Å². The van der Waals surface area contributed by atoms with Gasteiger partial charge in [-0.15, -0.1) is 0 Å². The molecule has 11 heavy (non-hydrogen) atoms. The Kier molecular flexibility index (Phi) is 1.53. The molecule has 0 spiro atoms. The van der Waals surface area contributed by atoms with Crippen LogP contribution in [-0.2, 0) is 0 Å². The Morgan fingerprint density at radius 2 is 2.00 bits per heavy atom. The van der Waals surface area contributed by atoms with E-state index in [1.165, 1.54) is 18.8 Å². The lowest BCUT2D eigenvalue weighted by atomic mass is 10.0. The van der Waals surface area contributed by atoms with Gasteiger partial charge in [0, 0.05) is 31.2 Å². The number of hydrogen-bond donors (Lipinski definition) is 0. The van der Waals surface area contributed by atoms with Crippen molar-refractivity contribution in [1.29, 1.82) is 0 Å². The highest BCUT2D eigenvalue weighted by atomic mass is 15.2. The van der Waals surface area contributed by atoms with Crippen LogP contribution in [0.4, 0.5) is 5.69 Å². The van der Waals surface area contributed by atoms with E-state index in [0.717, 1.165) is 5.92 Å². The molecule has 1 aromatic heterocycles.